The normalized spacial score (nSPS) is 16.9. The van der Waals surface area contributed by atoms with Crippen molar-refractivity contribution in [2.45, 2.75) is 19.4 Å². The maximum absolute atomic E-state index is 14.0. The molecule has 1 atom stereocenters. The number of likely N-dealkylation sites (N-methyl/N-ethyl adjacent to an activating group) is 1. The number of carbonyl (C=O) groups excluding carboxylic acids is 1. The number of amides is 1. The zero-order valence-electron chi connectivity index (χ0n) is 18.3. The molecule has 1 aliphatic heterocycles. The molecule has 0 bridgehead atoms. The molecule has 31 heavy (non-hydrogen) atoms. The van der Waals surface area contributed by atoms with Crippen LogP contribution >= 0.6 is 0 Å². The van der Waals surface area contributed by atoms with Crippen molar-refractivity contribution in [3.05, 3.63) is 54.1 Å². The van der Waals surface area contributed by atoms with E-state index >= 15 is 0 Å². The lowest BCUT2D eigenvalue weighted by atomic mass is 9.99. The molecule has 6 nitrogen and oxygen atoms in total. The predicted octanol–water partition coefficient (Wildman–Crippen LogP) is 3.94. The molecule has 3 aromatic rings. The number of benzene rings is 1. The summed E-state index contributed by atoms with van der Waals surface area (Å²) in [7, 11) is 5.14. The smallest absolute Gasteiger partial charge is 0.236 e. The molecule has 1 aliphatic rings. The topological polar surface area (TPSA) is 61.5 Å². The van der Waals surface area contributed by atoms with Crippen LogP contribution in [0.4, 0.5) is 4.39 Å². The van der Waals surface area contributed by atoms with E-state index in [0.29, 0.717) is 17.9 Å². The Morgan fingerprint density at radius 1 is 1.29 bits per heavy atom. The number of H-pyrrole nitrogens is 1. The summed E-state index contributed by atoms with van der Waals surface area (Å²) in [6.07, 6.45) is 4.74. The molecule has 0 saturated carbocycles. The van der Waals surface area contributed by atoms with E-state index in [9.17, 15) is 9.18 Å². The molecule has 0 radical (unpaired) electrons. The fraction of sp³-hybridized carbons (Fsp3) is 0.333. The fourth-order valence-electron chi connectivity index (χ4n) is 4.04. The van der Waals surface area contributed by atoms with E-state index in [2.05, 4.69) is 33.9 Å². The second-order valence-corrected chi connectivity index (χ2v) is 8.09. The van der Waals surface area contributed by atoms with Crippen LogP contribution in [0.2, 0.25) is 0 Å². The number of nitrogens with one attached hydrogen (secondary N) is 1. The van der Waals surface area contributed by atoms with Crippen LogP contribution in [-0.4, -0.2) is 66.0 Å². The number of fused-ring (bicyclic) bond motifs is 1. The largest absolute Gasteiger partial charge is 0.496 e. The molecule has 0 fully saturated rings. The quantitative estimate of drug-likeness (QED) is 0.677. The van der Waals surface area contributed by atoms with Gasteiger partial charge in [0.1, 0.15) is 17.2 Å². The number of hydrogen-bond acceptors (Lipinski definition) is 4. The van der Waals surface area contributed by atoms with Crippen LogP contribution in [-0.2, 0) is 4.79 Å². The van der Waals surface area contributed by atoms with E-state index in [1.54, 1.807) is 38.4 Å². The van der Waals surface area contributed by atoms with Gasteiger partial charge in [0.25, 0.3) is 0 Å². The number of methoxy groups -OCH3 is 1. The average Bonchev–Trinajstić information content (AvgIpc) is 3.19. The summed E-state index contributed by atoms with van der Waals surface area (Å²) in [5.41, 5.74) is 4.50. The van der Waals surface area contributed by atoms with Crippen LogP contribution in [0.25, 0.3) is 27.7 Å². The van der Waals surface area contributed by atoms with Gasteiger partial charge in [-0.1, -0.05) is 6.08 Å². The zero-order chi connectivity index (χ0) is 22.1. The number of nitrogens with zero attached hydrogens (tertiary/aromatic N) is 3. The second-order valence-electron chi connectivity index (χ2n) is 8.09. The Labute approximate surface area is 181 Å². The van der Waals surface area contributed by atoms with Crippen molar-refractivity contribution in [3.63, 3.8) is 0 Å². The van der Waals surface area contributed by atoms with Crippen molar-refractivity contribution in [2.75, 3.05) is 34.3 Å². The third kappa shape index (κ3) is 4.18. The Hall–Kier alpha value is -3.19. The minimum absolute atomic E-state index is 0.104. The second kappa shape index (κ2) is 8.51. The van der Waals surface area contributed by atoms with Crippen molar-refractivity contribution in [1.29, 1.82) is 0 Å². The van der Waals surface area contributed by atoms with E-state index in [-0.39, 0.29) is 17.8 Å². The Morgan fingerprint density at radius 2 is 2.10 bits per heavy atom. The molecule has 7 heteroatoms. The van der Waals surface area contributed by atoms with Gasteiger partial charge in [0.05, 0.1) is 13.7 Å². The maximum atomic E-state index is 14.0. The Bertz CT molecular complexity index is 1150. The van der Waals surface area contributed by atoms with Crippen molar-refractivity contribution < 1.29 is 13.9 Å². The highest BCUT2D eigenvalue weighted by molar-refractivity contribution is 5.96. The lowest BCUT2D eigenvalue weighted by Crippen LogP contribution is -2.43. The number of hydrogen-bond donors (Lipinski definition) is 1. The van der Waals surface area contributed by atoms with Gasteiger partial charge in [-0.25, -0.2) is 9.37 Å². The summed E-state index contributed by atoms with van der Waals surface area (Å²) >= 11 is 0. The first-order chi connectivity index (χ1) is 14.9. The minimum Gasteiger partial charge on any atom is -0.496 e. The first kappa shape index (κ1) is 21.1. The van der Waals surface area contributed by atoms with E-state index in [0.717, 1.165) is 35.3 Å². The molecule has 1 aromatic carbocycles. The van der Waals surface area contributed by atoms with Crippen molar-refractivity contribution >= 4 is 22.5 Å². The highest BCUT2D eigenvalue weighted by atomic mass is 19.1. The number of carbonyl (C=O) groups is 1. The van der Waals surface area contributed by atoms with Crippen molar-refractivity contribution in [1.82, 2.24) is 19.8 Å². The molecule has 0 saturated heterocycles. The van der Waals surface area contributed by atoms with Gasteiger partial charge in [-0.3, -0.25) is 9.69 Å². The molecule has 4 rings (SSSR count). The molecule has 1 N–H and O–H groups in total. The molecule has 2 aromatic heterocycles. The molecule has 1 amide bonds. The van der Waals surface area contributed by atoms with Crippen LogP contribution in [0, 0.1) is 5.82 Å². The number of aromatic nitrogens is 2. The van der Waals surface area contributed by atoms with Crippen molar-refractivity contribution in [2.24, 2.45) is 0 Å². The summed E-state index contributed by atoms with van der Waals surface area (Å²) in [5, 5.41) is 0.917. The molecule has 0 aliphatic carbocycles. The SMILES string of the molecule is COc1ccc(F)cc1-c1ccnc2[nH]c(C3=C[C@@H](C)N(CC(=O)N(C)C)CC3)cc12. The average molecular weight is 423 g/mol. The van der Waals surface area contributed by atoms with E-state index < -0.39 is 0 Å². The summed E-state index contributed by atoms with van der Waals surface area (Å²) in [4.78, 5) is 23.8. The van der Waals surface area contributed by atoms with Gasteiger partial charge < -0.3 is 14.6 Å². The Morgan fingerprint density at radius 3 is 2.81 bits per heavy atom. The monoisotopic (exact) mass is 422 g/mol. The standard InChI is InChI=1S/C24H27FN4O2/c1-15-11-16(8-10-29(15)14-23(30)28(2)3)21-13-20-18(7-9-26-24(20)27-21)19-12-17(25)5-6-22(19)31-4/h5-7,9,11-13,15H,8,10,14H2,1-4H3,(H,26,27)/t15-/m1/s1. The number of halogens is 1. The van der Waals surface area contributed by atoms with Gasteiger partial charge in [-0.05, 0) is 54.8 Å². The third-order valence-electron chi connectivity index (χ3n) is 5.85. The zero-order valence-corrected chi connectivity index (χ0v) is 18.3. The fourth-order valence-corrected chi connectivity index (χ4v) is 4.04. The van der Waals surface area contributed by atoms with Gasteiger partial charge in [0.15, 0.2) is 0 Å². The maximum Gasteiger partial charge on any atom is 0.236 e. The van der Waals surface area contributed by atoms with Crippen LogP contribution in [0.1, 0.15) is 19.0 Å². The molecular formula is C24H27FN4O2. The molecular weight excluding hydrogens is 395 g/mol. The van der Waals surface area contributed by atoms with E-state index in [1.807, 2.05) is 6.07 Å². The summed E-state index contributed by atoms with van der Waals surface area (Å²) < 4.78 is 19.4. The number of rotatable bonds is 5. The summed E-state index contributed by atoms with van der Waals surface area (Å²) in [5.74, 6) is 0.406. The van der Waals surface area contributed by atoms with E-state index in [1.165, 1.54) is 17.7 Å². The first-order valence-electron chi connectivity index (χ1n) is 10.3. The van der Waals surface area contributed by atoms with Crippen LogP contribution in [0.5, 0.6) is 5.75 Å². The van der Waals surface area contributed by atoms with Gasteiger partial charge in [0, 0.05) is 49.5 Å². The van der Waals surface area contributed by atoms with Crippen molar-refractivity contribution in [3.8, 4) is 16.9 Å². The summed E-state index contributed by atoms with van der Waals surface area (Å²) in [6, 6.07) is 8.62. The Balaban J connectivity index is 1.68. The predicted molar refractivity (Wildman–Crippen MR) is 120 cm³/mol. The number of ether oxygens (including phenoxy) is 1. The van der Waals surface area contributed by atoms with Gasteiger partial charge in [0.2, 0.25) is 5.91 Å². The highest BCUT2D eigenvalue weighted by Crippen LogP contribution is 2.36. The lowest BCUT2D eigenvalue weighted by molar-refractivity contribution is -0.130. The molecule has 162 valence electrons. The highest BCUT2D eigenvalue weighted by Gasteiger charge is 2.23. The van der Waals surface area contributed by atoms with Crippen LogP contribution < -0.4 is 4.74 Å². The van der Waals surface area contributed by atoms with Crippen LogP contribution in [0.3, 0.4) is 0 Å². The van der Waals surface area contributed by atoms with Gasteiger partial charge in [-0.2, -0.15) is 0 Å². The molecule has 0 spiro atoms. The number of pyridine rings is 1. The Kier molecular flexibility index (Phi) is 5.78. The van der Waals surface area contributed by atoms with Gasteiger partial charge in [-0.15, -0.1) is 0 Å². The minimum atomic E-state index is -0.312. The number of aromatic amines is 1. The van der Waals surface area contributed by atoms with Gasteiger partial charge >= 0.3 is 0 Å². The van der Waals surface area contributed by atoms with Crippen LogP contribution in [0.15, 0.2) is 42.6 Å². The summed E-state index contributed by atoms with van der Waals surface area (Å²) in [6.45, 7) is 3.32. The lowest BCUT2D eigenvalue weighted by Gasteiger charge is -2.32. The third-order valence-corrected chi connectivity index (χ3v) is 5.85. The molecule has 0 unspecified atom stereocenters. The molecule has 3 heterocycles. The van der Waals surface area contributed by atoms with E-state index in [4.69, 9.17) is 4.74 Å². The first-order valence-corrected chi connectivity index (χ1v) is 10.3.